The summed E-state index contributed by atoms with van der Waals surface area (Å²) in [5, 5.41) is 4.70. The molecule has 2 aliphatic heterocycles. The molecule has 1 aromatic heterocycles. The fourth-order valence-corrected chi connectivity index (χ4v) is 6.00. The van der Waals surface area contributed by atoms with Gasteiger partial charge in [0.1, 0.15) is 17.9 Å². The molecular formula is C33H42N4O6. The van der Waals surface area contributed by atoms with Gasteiger partial charge in [0.15, 0.2) is 5.54 Å². The van der Waals surface area contributed by atoms with E-state index in [0.717, 1.165) is 16.5 Å². The molecule has 2 aromatic rings. The Bertz CT molecular complexity index is 1490. The van der Waals surface area contributed by atoms with E-state index in [9.17, 15) is 14.4 Å². The first-order valence-electron chi connectivity index (χ1n) is 14.8. The minimum atomic E-state index is -0.947. The van der Waals surface area contributed by atoms with Gasteiger partial charge in [-0.1, -0.05) is 26.8 Å². The maximum atomic E-state index is 14.4. The van der Waals surface area contributed by atoms with E-state index in [2.05, 4.69) is 16.9 Å². The lowest BCUT2D eigenvalue weighted by atomic mass is 9.77. The molecule has 0 radical (unpaired) electrons. The highest BCUT2D eigenvalue weighted by atomic mass is 16.6. The van der Waals surface area contributed by atoms with Crippen LogP contribution in [0, 0.1) is 17.3 Å². The SMILES string of the molecule is C=CC1C[C@@]12N=C(C1C[C@@H](Oc3nccc4cc(OC)ccc34)CN1C(=O)C(CC(=O)NC(C)(C)C)C(C)(C)C)OC2=O. The number of aliphatic imine (C=N–C) groups is 1. The fraction of sp³-hybridized carbons (Fsp3) is 0.545. The highest BCUT2D eigenvalue weighted by Crippen LogP contribution is 2.52. The number of nitrogens with zero attached hydrogens (tertiary/aromatic N) is 3. The first-order chi connectivity index (χ1) is 20.1. The molecule has 43 heavy (non-hydrogen) atoms. The number of ether oxygens (including phenoxy) is 3. The largest absolute Gasteiger partial charge is 0.497 e. The second kappa shape index (κ2) is 11.0. The number of fused-ring (bicyclic) bond motifs is 1. The van der Waals surface area contributed by atoms with Crippen molar-refractivity contribution in [1.82, 2.24) is 15.2 Å². The Balaban J connectivity index is 1.46. The molecule has 5 atom stereocenters. The zero-order chi connectivity index (χ0) is 31.3. The third-order valence-corrected chi connectivity index (χ3v) is 8.42. The molecule has 1 aromatic carbocycles. The second-order valence-electron chi connectivity index (χ2n) is 13.9. The Morgan fingerprint density at radius 1 is 1.23 bits per heavy atom. The summed E-state index contributed by atoms with van der Waals surface area (Å²) >= 11 is 0. The number of likely N-dealkylation sites (tertiary alicyclic amines) is 1. The summed E-state index contributed by atoms with van der Waals surface area (Å²) in [4.78, 5) is 51.2. The number of esters is 1. The average Bonchev–Trinajstić information content (AvgIpc) is 3.32. The molecule has 1 aliphatic carbocycles. The van der Waals surface area contributed by atoms with Crippen molar-refractivity contribution in [3.63, 3.8) is 0 Å². The van der Waals surface area contributed by atoms with Crippen LogP contribution < -0.4 is 14.8 Å². The Kier molecular flexibility index (Phi) is 7.77. The molecule has 2 fully saturated rings. The fourth-order valence-electron chi connectivity index (χ4n) is 6.00. The zero-order valence-electron chi connectivity index (χ0n) is 26.1. The van der Waals surface area contributed by atoms with Crippen LogP contribution in [-0.4, -0.2) is 70.4 Å². The summed E-state index contributed by atoms with van der Waals surface area (Å²) < 4.78 is 17.6. The number of pyridine rings is 1. The molecule has 2 amide bonds. The van der Waals surface area contributed by atoms with Gasteiger partial charge in [-0.2, -0.15) is 0 Å². The van der Waals surface area contributed by atoms with Crippen LogP contribution in [0.1, 0.15) is 60.8 Å². The van der Waals surface area contributed by atoms with Crippen LogP contribution in [0.3, 0.4) is 0 Å². The molecule has 3 unspecified atom stereocenters. The topological polar surface area (TPSA) is 119 Å². The smallest absolute Gasteiger partial charge is 0.341 e. The van der Waals surface area contributed by atoms with Gasteiger partial charge in [-0.05, 0) is 62.3 Å². The number of carbonyl (C=O) groups excluding carboxylic acids is 3. The van der Waals surface area contributed by atoms with Gasteiger partial charge in [0.05, 0.1) is 19.6 Å². The van der Waals surface area contributed by atoms with Gasteiger partial charge >= 0.3 is 5.97 Å². The Hall–Kier alpha value is -3.95. The number of hydrogen-bond acceptors (Lipinski definition) is 8. The van der Waals surface area contributed by atoms with Crippen molar-refractivity contribution in [2.24, 2.45) is 22.2 Å². The molecule has 10 heteroatoms. The molecular weight excluding hydrogens is 548 g/mol. The van der Waals surface area contributed by atoms with Crippen LogP contribution in [0.4, 0.5) is 0 Å². The molecule has 3 aliphatic rings. The number of nitrogens with one attached hydrogen (secondary N) is 1. The number of benzene rings is 1. The van der Waals surface area contributed by atoms with Gasteiger partial charge in [-0.25, -0.2) is 14.8 Å². The second-order valence-corrected chi connectivity index (χ2v) is 13.9. The molecule has 3 heterocycles. The summed E-state index contributed by atoms with van der Waals surface area (Å²) in [6.07, 6.45) is 3.86. The van der Waals surface area contributed by atoms with Crippen molar-refractivity contribution in [1.29, 1.82) is 0 Å². The summed E-state index contributed by atoms with van der Waals surface area (Å²) in [7, 11) is 1.61. The lowest BCUT2D eigenvalue weighted by Gasteiger charge is -2.35. The maximum Gasteiger partial charge on any atom is 0.341 e. The number of methoxy groups -OCH3 is 1. The first-order valence-corrected chi connectivity index (χ1v) is 14.8. The lowest BCUT2D eigenvalue weighted by Crippen LogP contribution is -2.49. The van der Waals surface area contributed by atoms with Crippen LogP contribution in [0.5, 0.6) is 11.6 Å². The van der Waals surface area contributed by atoms with E-state index in [1.54, 1.807) is 24.3 Å². The van der Waals surface area contributed by atoms with Gasteiger partial charge < -0.3 is 24.4 Å². The van der Waals surface area contributed by atoms with Crippen molar-refractivity contribution < 1.29 is 28.6 Å². The van der Waals surface area contributed by atoms with Crippen LogP contribution in [-0.2, 0) is 19.1 Å². The minimum absolute atomic E-state index is 0.0236. The number of cyclic esters (lactones) is 1. The van der Waals surface area contributed by atoms with E-state index in [1.165, 1.54) is 0 Å². The summed E-state index contributed by atoms with van der Waals surface area (Å²) in [6.45, 7) is 15.6. The van der Waals surface area contributed by atoms with Crippen LogP contribution >= 0.6 is 0 Å². The summed E-state index contributed by atoms with van der Waals surface area (Å²) in [5.41, 5.74) is -1.90. The molecule has 1 saturated carbocycles. The number of hydrogen-bond donors (Lipinski definition) is 1. The molecule has 1 spiro atoms. The molecule has 230 valence electrons. The Morgan fingerprint density at radius 3 is 2.60 bits per heavy atom. The van der Waals surface area contributed by atoms with Gasteiger partial charge in [-0.15, -0.1) is 6.58 Å². The maximum absolute atomic E-state index is 14.4. The van der Waals surface area contributed by atoms with Gasteiger partial charge in [0.25, 0.3) is 0 Å². The molecule has 1 N–H and O–H groups in total. The van der Waals surface area contributed by atoms with Crippen LogP contribution in [0.2, 0.25) is 0 Å². The van der Waals surface area contributed by atoms with Crippen molar-refractivity contribution in [3.8, 4) is 11.6 Å². The third-order valence-electron chi connectivity index (χ3n) is 8.42. The predicted molar refractivity (Wildman–Crippen MR) is 163 cm³/mol. The highest BCUT2D eigenvalue weighted by Gasteiger charge is 2.65. The molecule has 0 bridgehead atoms. The molecule has 10 nitrogen and oxygen atoms in total. The van der Waals surface area contributed by atoms with Gasteiger partial charge in [-0.3, -0.25) is 9.59 Å². The normalized spacial score (nSPS) is 25.7. The Labute approximate surface area is 252 Å². The van der Waals surface area contributed by atoms with E-state index < -0.39 is 40.5 Å². The Morgan fingerprint density at radius 2 is 1.98 bits per heavy atom. The molecule has 5 rings (SSSR count). The average molecular weight is 591 g/mol. The quantitative estimate of drug-likeness (QED) is 0.356. The van der Waals surface area contributed by atoms with E-state index in [4.69, 9.17) is 19.2 Å². The van der Waals surface area contributed by atoms with Crippen molar-refractivity contribution in [2.45, 2.75) is 84.0 Å². The number of carbonyl (C=O) groups is 3. The predicted octanol–water partition coefficient (Wildman–Crippen LogP) is 4.46. The number of amides is 2. The standard InChI is InChI=1S/C33H42N4O6/c1-9-20-17-33(20)30(40)43-28(36-33)25-15-22(42-27-23-11-10-21(41-8)14-19(23)12-13-34-27)18-37(25)29(39)24(31(2,3)4)16-26(38)35-32(5,6)7/h9-14,20,22,24-25H,1,15-18H2,2-8H3,(H,35,38)/t20?,22-,24?,25?,33-/m1/s1. The van der Waals surface area contributed by atoms with E-state index >= 15 is 0 Å². The number of rotatable bonds is 8. The van der Waals surface area contributed by atoms with Crippen LogP contribution in [0.15, 0.2) is 48.1 Å². The summed E-state index contributed by atoms with van der Waals surface area (Å²) in [6, 6.07) is 6.90. The van der Waals surface area contributed by atoms with Crippen molar-refractivity contribution in [2.75, 3.05) is 13.7 Å². The van der Waals surface area contributed by atoms with E-state index in [0.29, 0.717) is 18.7 Å². The van der Waals surface area contributed by atoms with Crippen molar-refractivity contribution >= 4 is 34.5 Å². The summed E-state index contributed by atoms with van der Waals surface area (Å²) in [5.74, 6) is -0.163. The van der Waals surface area contributed by atoms with Gasteiger partial charge in [0, 0.05) is 35.9 Å². The minimum Gasteiger partial charge on any atom is -0.497 e. The van der Waals surface area contributed by atoms with E-state index in [1.807, 2.05) is 65.8 Å². The van der Waals surface area contributed by atoms with E-state index in [-0.39, 0.29) is 36.6 Å². The van der Waals surface area contributed by atoms with Crippen molar-refractivity contribution in [3.05, 3.63) is 43.1 Å². The first kappa shape index (κ1) is 30.5. The zero-order valence-corrected chi connectivity index (χ0v) is 26.1. The molecule has 1 saturated heterocycles. The highest BCUT2D eigenvalue weighted by molar-refractivity contribution is 6.05. The van der Waals surface area contributed by atoms with Gasteiger partial charge in [0.2, 0.25) is 23.6 Å². The lowest BCUT2D eigenvalue weighted by molar-refractivity contribution is -0.143. The number of aromatic nitrogens is 1. The van der Waals surface area contributed by atoms with Crippen LogP contribution in [0.25, 0.3) is 10.8 Å². The monoisotopic (exact) mass is 590 g/mol. The third kappa shape index (κ3) is 6.10.